The molecule has 7 nitrogen and oxygen atoms in total. The van der Waals surface area contributed by atoms with Crippen LogP contribution in [-0.4, -0.2) is 78.2 Å². The molecule has 32 heavy (non-hydrogen) atoms. The van der Waals surface area contributed by atoms with E-state index in [9.17, 15) is 4.79 Å². The molecule has 0 aromatic heterocycles. The number of nitrogens with zero attached hydrogens (tertiary/aromatic N) is 5. The fourth-order valence-corrected chi connectivity index (χ4v) is 4.48. The molecule has 3 heterocycles. The van der Waals surface area contributed by atoms with Crippen LogP contribution in [0.2, 0.25) is 5.02 Å². The summed E-state index contributed by atoms with van der Waals surface area (Å²) < 4.78 is 0. The highest BCUT2D eigenvalue weighted by Gasteiger charge is 2.36. The Bertz CT molecular complexity index is 1120. The summed E-state index contributed by atoms with van der Waals surface area (Å²) in [6.07, 6.45) is 1.86. The number of rotatable bonds is 4. The number of fused-ring (bicyclic) bond motifs is 3. The van der Waals surface area contributed by atoms with Crippen LogP contribution in [-0.2, 0) is 4.79 Å². The molecule has 1 amide bonds. The first kappa shape index (κ1) is 20.9. The number of hydrogen-bond donors (Lipinski definition) is 1. The molecule has 1 saturated heterocycles. The quantitative estimate of drug-likeness (QED) is 0.727. The Morgan fingerprint density at radius 1 is 1.06 bits per heavy atom. The smallest absolute Gasteiger partial charge is 0.284 e. The van der Waals surface area contributed by atoms with Crippen LogP contribution in [0.15, 0.2) is 70.4 Å². The molecule has 2 aromatic carbocycles. The Kier molecular flexibility index (Phi) is 5.78. The average Bonchev–Trinajstić information content (AvgIpc) is 3.02. The minimum atomic E-state index is -0.147. The summed E-state index contributed by atoms with van der Waals surface area (Å²) in [6.45, 7) is 4.45. The molecule has 0 bridgehead atoms. The van der Waals surface area contributed by atoms with Crippen molar-refractivity contribution in [3.8, 4) is 0 Å². The molecule has 0 atom stereocenters. The van der Waals surface area contributed by atoms with Gasteiger partial charge in [-0.25, -0.2) is 4.99 Å². The van der Waals surface area contributed by atoms with Gasteiger partial charge in [0.2, 0.25) is 0 Å². The number of aliphatic imine (C=N–C) groups is 2. The maximum Gasteiger partial charge on any atom is 0.284 e. The van der Waals surface area contributed by atoms with Gasteiger partial charge in [0.25, 0.3) is 5.91 Å². The highest BCUT2D eigenvalue weighted by Crippen LogP contribution is 2.33. The van der Waals surface area contributed by atoms with E-state index in [-0.39, 0.29) is 12.5 Å². The Morgan fingerprint density at radius 2 is 1.84 bits per heavy atom. The van der Waals surface area contributed by atoms with E-state index in [1.807, 2.05) is 48.7 Å². The maximum atomic E-state index is 13.4. The standard InChI is InChI=1S/C24H24ClN5O2/c25-18-6-7-21-19(14-18)23(17-4-2-1-3-5-17)26-15-22-27-20(24(32)30(21)22)16-29-10-8-28(9-11-29)12-13-31/h1-7,14,16,31H,8-13,15H2/b20-16-. The van der Waals surface area contributed by atoms with Crippen molar-refractivity contribution >= 4 is 34.7 Å². The summed E-state index contributed by atoms with van der Waals surface area (Å²) >= 11 is 6.33. The highest BCUT2D eigenvalue weighted by molar-refractivity contribution is 6.34. The molecular weight excluding hydrogens is 426 g/mol. The molecule has 0 saturated carbocycles. The van der Waals surface area contributed by atoms with Crippen molar-refractivity contribution in [2.24, 2.45) is 9.98 Å². The van der Waals surface area contributed by atoms with Crippen molar-refractivity contribution < 1.29 is 9.90 Å². The molecule has 1 N–H and O–H groups in total. The van der Waals surface area contributed by atoms with Crippen molar-refractivity contribution in [3.63, 3.8) is 0 Å². The van der Waals surface area contributed by atoms with Gasteiger partial charge in [-0.15, -0.1) is 0 Å². The van der Waals surface area contributed by atoms with Gasteiger partial charge < -0.3 is 10.0 Å². The van der Waals surface area contributed by atoms with Crippen molar-refractivity contribution in [2.45, 2.75) is 0 Å². The summed E-state index contributed by atoms with van der Waals surface area (Å²) in [6, 6.07) is 15.4. The van der Waals surface area contributed by atoms with Gasteiger partial charge in [-0.1, -0.05) is 41.9 Å². The summed E-state index contributed by atoms with van der Waals surface area (Å²) in [7, 11) is 0. The lowest BCUT2D eigenvalue weighted by Crippen LogP contribution is -2.45. The second kappa shape index (κ2) is 8.86. The van der Waals surface area contributed by atoms with Gasteiger partial charge >= 0.3 is 0 Å². The van der Waals surface area contributed by atoms with E-state index in [1.54, 1.807) is 11.0 Å². The number of amidine groups is 1. The van der Waals surface area contributed by atoms with Crippen molar-refractivity contribution in [1.29, 1.82) is 0 Å². The minimum absolute atomic E-state index is 0.147. The van der Waals surface area contributed by atoms with Gasteiger partial charge in [0.15, 0.2) is 0 Å². The van der Waals surface area contributed by atoms with Crippen LogP contribution in [0.5, 0.6) is 0 Å². The Balaban J connectivity index is 1.48. The Hall–Kier alpha value is -3.00. The number of β-amino-alcohol motifs (C(OH)–C–C–N with tert-alkyl or cyclic N) is 1. The number of anilines is 1. The highest BCUT2D eigenvalue weighted by atomic mass is 35.5. The number of aliphatic hydroxyl groups excluding tert-OH is 1. The molecule has 0 spiro atoms. The van der Waals surface area contributed by atoms with Gasteiger partial charge in [-0.3, -0.25) is 19.6 Å². The predicted molar refractivity (Wildman–Crippen MR) is 127 cm³/mol. The van der Waals surface area contributed by atoms with E-state index in [1.165, 1.54) is 0 Å². The third-order valence-corrected chi connectivity index (χ3v) is 6.17. The van der Waals surface area contributed by atoms with Crippen LogP contribution in [0.25, 0.3) is 0 Å². The predicted octanol–water partition coefficient (Wildman–Crippen LogP) is 2.39. The number of halogens is 1. The van der Waals surface area contributed by atoms with Crippen LogP contribution in [0.3, 0.4) is 0 Å². The lowest BCUT2D eigenvalue weighted by Gasteiger charge is -2.33. The number of hydrogen-bond acceptors (Lipinski definition) is 6. The van der Waals surface area contributed by atoms with Gasteiger partial charge in [-0.05, 0) is 18.2 Å². The van der Waals surface area contributed by atoms with Crippen LogP contribution in [0, 0.1) is 0 Å². The van der Waals surface area contributed by atoms with Crippen molar-refractivity contribution in [1.82, 2.24) is 9.80 Å². The summed E-state index contributed by atoms with van der Waals surface area (Å²) in [5.74, 6) is 0.473. The normalized spacial score (nSPS) is 20.1. The fourth-order valence-electron chi connectivity index (χ4n) is 4.31. The van der Waals surface area contributed by atoms with E-state index < -0.39 is 0 Å². The number of piperazine rings is 1. The molecule has 3 aliphatic rings. The monoisotopic (exact) mass is 449 g/mol. The zero-order valence-corrected chi connectivity index (χ0v) is 18.4. The first-order valence-corrected chi connectivity index (χ1v) is 11.1. The second-order valence-electron chi connectivity index (χ2n) is 7.98. The van der Waals surface area contributed by atoms with Crippen LogP contribution in [0.4, 0.5) is 5.69 Å². The fraction of sp³-hybridized carbons (Fsp3) is 0.292. The summed E-state index contributed by atoms with van der Waals surface area (Å²) in [5, 5.41) is 9.72. The molecule has 0 unspecified atom stereocenters. The van der Waals surface area contributed by atoms with E-state index >= 15 is 0 Å². The molecule has 0 radical (unpaired) electrons. The molecule has 2 aromatic rings. The number of carbonyl (C=O) groups excluding carboxylic acids is 1. The van der Waals surface area contributed by atoms with Gasteiger partial charge in [0.05, 0.1) is 24.6 Å². The summed E-state index contributed by atoms with van der Waals surface area (Å²) in [5.41, 5.74) is 3.77. The lowest BCUT2D eigenvalue weighted by atomic mass is 10.00. The molecule has 164 valence electrons. The molecule has 8 heteroatoms. The van der Waals surface area contributed by atoms with Crippen molar-refractivity contribution in [3.05, 3.63) is 76.6 Å². The van der Waals surface area contributed by atoms with Crippen LogP contribution >= 0.6 is 11.6 Å². The number of benzene rings is 2. The molecule has 3 aliphatic heterocycles. The van der Waals surface area contributed by atoms with Gasteiger partial charge in [-0.2, -0.15) is 0 Å². The SMILES string of the molecule is O=C1/C(=C/N2CCN(CCO)CC2)N=C2CN=C(c3ccccc3)c3cc(Cl)ccc3N12. The molecule has 1 fully saturated rings. The Labute approximate surface area is 191 Å². The maximum absolute atomic E-state index is 13.4. The minimum Gasteiger partial charge on any atom is -0.395 e. The van der Waals surface area contributed by atoms with Crippen molar-refractivity contribution in [2.75, 3.05) is 50.8 Å². The van der Waals surface area contributed by atoms with Gasteiger partial charge in [0, 0.05) is 55.1 Å². The number of aliphatic hydroxyl groups is 1. The topological polar surface area (TPSA) is 71.7 Å². The van der Waals surface area contributed by atoms with E-state index in [0.717, 1.165) is 48.7 Å². The van der Waals surface area contributed by atoms with E-state index in [0.29, 0.717) is 29.6 Å². The first-order valence-electron chi connectivity index (χ1n) is 10.7. The largest absolute Gasteiger partial charge is 0.395 e. The number of carbonyl (C=O) groups is 1. The Morgan fingerprint density at radius 3 is 2.59 bits per heavy atom. The molecule has 5 rings (SSSR count). The van der Waals surface area contributed by atoms with Crippen LogP contribution < -0.4 is 4.90 Å². The lowest BCUT2D eigenvalue weighted by molar-refractivity contribution is -0.114. The third-order valence-electron chi connectivity index (χ3n) is 5.94. The van der Waals surface area contributed by atoms with E-state index in [2.05, 4.69) is 14.8 Å². The summed E-state index contributed by atoms with van der Waals surface area (Å²) in [4.78, 5) is 28.9. The third kappa shape index (κ3) is 3.95. The molecule has 0 aliphatic carbocycles. The zero-order chi connectivity index (χ0) is 22.1. The molecular formula is C24H24ClN5O2. The average molecular weight is 450 g/mol. The second-order valence-corrected chi connectivity index (χ2v) is 8.41. The first-order chi connectivity index (χ1) is 15.6. The van der Waals surface area contributed by atoms with Gasteiger partial charge in [0.1, 0.15) is 11.5 Å². The zero-order valence-electron chi connectivity index (χ0n) is 17.6. The van der Waals surface area contributed by atoms with E-state index in [4.69, 9.17) is 21.7 Å². The van der Waals surface area contributed by atoms with Crippen LogP contribution in [0.1, 0.15) is 11.1 Å². The number of amides is 1.